The molecule has 0 amide bonds. The van der Waals surface area contributed by atoms with Gasteiger partial charge in [-0.25, -0.2) is 0 Å². The summed E-state index contributed by atoms with van der Waals surface area (Å²) in [4.78, 5) is 0. The topological polar surface area (TPSA) is 35.5 Å². The van der Waals surface area contributed by atoms with Gasteiger partial charge in [0.1, 0.15) is 6.61 Å². The number of hydrogen-bond acceptors (Lipinski definition) is 3. The van der Waals surface area contributed by atoms with Crippen molar-refractivity contribution in [2.75, 3.05) is 54.2 Å². The lowest BCUT2D eigenvalue weighted by atomic mass is 10.4. The van der Waals surface area contributed by atoms with Gasteiger partial charge in [-0.1, -0.05) is 0 Å². The molecule has 14 heavy (non-hydrogen) atoms. The van der Waals surface area contributed by atoms with Crippen molar-refractivity contribution in [1.82, 2.24) is 0 Å². The number of hydrogen-bond donors (Lipinski definition) is 0. The van der Waals surface area contributed by atoms with E-state index in [9.17, 15) is 4.57 Å². The van der Waals surface area contributed by atoms with Gasteiger partial charge in [0, 0.05) is 13.5 Å². The Morgan fingerprint density at radius 3 is 2.36 bits per heavy atom. The van der Waals surface area contributed by atoms with Crippen LogP contribution >= 0.6 is 8.03 Å². The molecule has 0 spiro atoms. The van der Waals surface area contributed by atoms with E-state index >= 15 is 0 Å². The Morgan fingerprint density at radius 2 is 1.86 bits per heavy atom. The number of methoxy groups -OCH3 is 1. The lowest BCUT2D eigenvalue weighted by molar-refractivity contribution is -0.870. The van der Waals surface area contributed by atoms with Gasteiger partial charge in [0.2, 0.25) is 0 Å². The van der Waals surface area contributed by atoms with E-state index in [1.165, 1.54) is 0 Å². The second-order valence-corrected chi connectivity index (χ2v) is 5.62. The summed E-state index contributed by atoms with van der Waals surface area (Å²) in [5.74, 6) is 0. The van der Waals surface area contributed by atoms with Crippen LogP contribution in [-0.4, -0.2) is 58.7 Å². The summed E-state index contributed by atoms with van der Waals surface area (Å²) in [5.41, 5.74) is 0. The molecular weight excluding hydrogens is 201 g/mol. The van der Waals surface area contributed by atoms with Gasteiger partial charge >= 0.3 is 8.03 Å². The Bertz CT molecular complexity index is 168. The molecule has 0 N–H and O–H groups in total. The third kappa shape index (κ3) is 10.1. The maximum absolute atomic E-state index is 11.3. The molecule has 0 aromatic carbocycles. The maximum Gasteiger partial charge on any atom is 0.508 e. The first-order valence-corrected chi connectivity index (χ1v) is 6.19. The van der Waals surface area contributed by atoms with Crippen LogP contribution in [0.15, 0.2) is 0 Å². The highest BCUT2D eigenvalue weighted by atomic mass is 31.1. The second kappa shape index (κ2) is 7.30. The first-order chi connectivity index (χ1) is 6.45. The summed E-state index contributed by atoms with van der Waals surface area (Å²) in [6.07, 6.45) is 1.58. The Balaban J connectivity index is 3.36. The van der Waals surface area contributed by atoms with E-state index in [1.54, 1.807) is 7.11 Å². The molecule has 0 radical (unpaired) electrons. The Morgan fingerprint density at radius 1 is 1.21 bits per heavy atom. The molecular formula is C9H22NO3P+2. The van der Waals surface area contributed by atoms with Crippen molar-refractivity contribution < 1.29 is 18.3 Å². The summed E-state index contributed by atoms with van der Waals surface area (Å²) in [7, 11) is 6.49. The van der Waals surface area contributed by atoms with Crippen LogP contribution in [0.25, 0.3) is 0 Å². The smallest absolute Gasteiger partial charge is 0.382 e. The van der Waals surface area contributed by atoms with Crippen LogP contribution in [0.1, 0.15) is 6.42 Å². The third-order valence-corrected chi connectivity index (χ3v) is 2.84. The van der Waals surface area contributed by atoms with Crippen molar-refractivity contribution >= 4 is 8.03 Å². The molecule has 0 fully saturated rings. The molecule has 0 aliphatic heterocycles. The summed E-state index contributed by atoms with van der Waals surface area (Å²) in [5, 5.41) is 0. The van der Waals surface area contributed by atoms with Gasteiger partial charge < -0.3 is 9.22 Å². The fourth-order valence-corrected chi connectivity index (χ4v) is 1.77. The minimum Gasteiger partial charge on any atom is -0.382 e. The molecule has 4 nitrogen and oxygen atoms in total. The summed E-state index contributed by atoms with van der Waals surface area (Å²) in [6.45, 7) is 1.96. The zero-order valence-electron chi connectivity index (χ0n) is 9.65. The number of nitrogens with zero attached hydrogens (tertiary/aromatic N) is 1. The average molecular weight is 223 g/mol. The monoisotopic (exact) mass is 223 g/mol. The molecule has 0 saturated carbocycles. The first-order valence-electron chi connectivity index (χ1n) is 4.82. The van der Waals surface area contributed by atoms with E-state index in [4.69, 9.17) is 9.26 Å². The van der Waals surface area contributed by atoms with Crippen LogP contribution in [0.3, 0.4) is 0 Å². The van der Waals surface area contributed by atoms with E-state index in [1.807, 2.05) is 0 Å². The van der Waals surface area contributed by atoms with E-state index in [-0.39, 0.29) is 0 Å². The molecule has 0 aliphatic rings. The predicted molar refractivity (Wildman–Crippen MR) is 57.8 cm³/mol. The van der Waals surface area contributed by atoms with Gasteiger partial charge in [-0.3, -0.25) is 0 Å². The van der Waals surface area contributed by atoms with Crippen LogP contribution in [0, 0.1) is 0 Å². The van der Waals surface area contributed by atoms with Crippen molar-refractivity contribution in [3.63, 3.8) is 0 Å². The predicted octanol–water partition coefficient (Wildman–Crippen LogP) is 1.49. The van der Waals surface area contributed by atoms with Crippen LogP contribution in [0.2, 0.25) is 0 Å². The van der Waals surface area contributed by atoms with E-state index < -0.39 is 8.03 Å². The van der Waals surface area contributed by atoms with Gasteiger partial charge in [0.05, 0.1) is 34.3 Å². The number of ether oxygens (including phenoxy) is 1. The largest absolute Gasteiger partial charge is 0.508 e. The molecule has 0 bridgehead atoms. The van der Waals surface area contributed by atoms with E-state index in [0.717, 1.165) is 17.4 Å². The van der Waals surface area contributed by atoms with E-state index in [2.05, 4.69) is 21.1 Å². The molecule has 0 aromatic heterocycles. The van der Waals surface area contributed by atoms with Crippen molar-refractivity contribution in [3.05, 3.63) is 0 Å². The van der Waals surface area contributed by atoms with Crippen molar-refractivity contribution in [2.24, 2.45) is 0 Å². The first kappa shape index (κ1) is 14.0. The van der Waals surface area contributed by atoms with Crippen molar-refractivity contribution in [1.29, 1.82) is 0 Å². The zero-order valence-corrected chi connectivity index (χ0v) is 10.5. The van der Waals surface area contributed by atoms with Crippen LogP contribution in [0.5, 0.6) is 0 Å². The number of quaternary nitrogens is 1. The van der Waals surface area contributed by atoms with Crippen molar-refractivity contribution in [3.8, 4) is 0 Å². The van der Waals surface area contributed by atoms with Gasteiger partial charge in [-0.15, -0.1) is 4.52 Å². The quantitative estimate of drug-likeness (QED) is 0.355. The highest BCUT2D eigenvalue weighted by Gasteiger charge is 2.18. The average Bonchev–Trinajstić information content (AvgIpc) is 2.02. The van der Waals surface area contributed by atoms with Crippen LogP contribution < -0.4 is 0 Å². The molecule has 0 saturated heterocycles. The SMILES string of the molecule is COCCO[P+](=O)CCC[N+](C)(C)C. The maximum atomic E-state index is 11.3. The normalized spacial score (nSPS) is 13.0. The lowest BCUT2D eigenvalue weighted by Gasteiger charge is -2.22. The second-order valence-electron chi connectivity index (χ2n) is 4.25. The minimum absolute atomic E-state index is 0.427. The van der Waals surface area contributed by atoms with Crippen molar-refractivity contribution in [2.45, 2.75) is 6.42 Å². The Hall–Kier alpha value is -0.0200. The van der Waals surface area contributed by atoms with Gasteiger partial charge in [-0.2, -0.15) is 0 Å². The van der Waals surface area contributed by atoms with Crippen LogP contribution in [-0.2, 0) is 13.8 Å². The molecule has 1 atom stereocenters. The highest BCUT2D eigenvalue weighted by Crippen LogP contribution is 2.22. The lowest BCUT2D eigenvalue weighted by Crippen LogP contribution is -2.35. The van der Waals surface area contributed by atoms with Gasteiger partial charge in [0.25, 0.3) is 0 Å². The number of rotatable bonds is 8. The summed E-state index contributed by atoms with van der Waals surface area (Å²) in [6, 6.07) is 0. The molecule has 1 unspecified atom stereocenters. The van der Waals surface area contributed by atoms with Gasteiger partial charge in [-0.05, 0) is 4.57 Å². The zero-order chi connectivity index (χ0) is 11.0. The van der Waals surface area contributed by atoms with E-state index in [0.29, 0.717) is 19.4 Å². The minimum atomic E-state index is -1.49. The molecule has 0 aromatic rings. The molecule has 0 heterocycles. The highest BCUT2D eigenvalue weighted by molar-refractivity contribution is 7.39. The Labute approximate surface area is 87.6 Å². The van der Waals surface area contributed by atoms with Crippen LogP contribution in [0.4, 0.5) is 0 Å². The summed E-state index contributed by atoms with van der Waals surface area (Å²) < 4.78 is 22.0. The third-order valence-electron chi connectivity index (χ3n) is 1.69. The fourth-order valence-electron chi connectivity index (χ4n) is 0.961. The molecule has 0 rings (SSSR count). The standard InChI is InChI=1S/C9H22NO3P/c1-10(2,3)6-5-9-14(11)13-8-7-12-4/h5-9H2,1-4H3/q+2. The fraction of sp³-hybridized carbons (Fsp3) is 1.00. The molecule has 0 aliphatic carbocycles. The van der Waals surface area contributed by atoms with Gasteiger partial charge in [0.15, 0.2) is 6.16 Å². The Kier molecular flexibility index (Phi) is 7.28. The molecule has 5 heteroatoms. The summed E-state index contributed by atoms with van der Waals surface area (Å²) >= 11 is 0. The molecule has 84 valence electrons.